The van der Waals surface area contributed by atoms with Gasteiger partial charge in [0.2, 0.25) is 0 Å². The molecule has 30 heavy (non-hydrogen) atoms. The number of rotatable bonds is 4. The van der Waals surface area contributed by atoms with Crippen LogP contribution in [0.2, 0.25) is 0 Å². The summed E-state index contributed by atoms with van der Waals surface area (Å²) in [6, 6.07) is 6.51. The zero-order valence-corrected chi connectivity index (χ0v) is 17.9. The first kappa shape index (κ1) is 20.6. The van der Waals surface area contributed by atoms with Gasteiger partial charge in [-0.3, -0.25) is 4.21 Å². The summed E-state index contributed by atoms with van der Waals surface area (Å²) in [5.41, 5.74) is 1.60. The zero-order chi connectivity index (χ0) is 21.5. The molecule has 1 aliphatic heterocycles. The number of pyridine rings is 1. The van der Waals surface area contributed by atoms with Crippen LogP contribution in [0.15, 0.2) is 41.0 Å². The molecule has 0 N–H and O–H groups in total. The van der Waals surface area contributed by atoms with Crippen LogP contribution >= 0.6 is 0 Å². The Labute approximate surface area is 174 Å². The van der Waals surface area contributed by atoms with Crippen molar-refractivity contribution >= 4 is 21.2 Å². The summed E-state index contributed by atoms with van der Waals surface area (Å²) >= 11 is 0. The second-order valence-corrected chi connectivity index (χ2v) is 10.6. The van der Waals surface area contributed by atoms with Crippen LogP contribution in [0.3, 0.4) is 0 Å². The van der Waals surface area contributed by atoms with Gasteiger partial charge in [-0.25, -0.2) is 27.6 Å². The molecule has 4 rings (SSSR count). The summed E-state index contributed by atoms with van der Waals surface area (Å²) in [6.07, 6.45) is 4.86. The predicted molar refractivity (Wildman–Crippen MR) is 113 cm³/mol. The molecule has 1 aliphatic rings. The molecule has 0 spiro atoms. The summed E-state index contributed by atoms with van der Waals surface area (Å²) in [5.74, 6) is 1.14. The van der Waals surface area contributed by atoms with E-state index >= 15 is 0 Å². The fourth-order valence-corrected chi connectivity index (χ4v) is 4.76. The van der Waals surface area contributed by atoms with Crippen LogP contribution in [-0.2, 0) is 9.73 Å². The Morgan fingerprint density at radius 1 is 1.20 bits per heavy atom. The molecular formula is C20H24F2N6OS. The van der Waals surface area contributed by atoms with Gasteiger partial charge in [0.15, 0.2) is 5.65 Å². The molecule has 0 amide bonds. The largest absolute Gasteiger partial charge is 0.354 e. The normalized spacial score (nSPS) is 20.1. The third-order valence-corrected chi connectivity index (χ3v) is 5.82. The van der Waals surface area contributed by atoms with Crippen molar-refractivity contribution in [3.05, 3.63) is 42.4 Å². The summed E-state index contributed by atoms with van der Waals surface area (Å²) < 4.78 is 44.3. The SMILES string of the molecule is CC1CC(N=S(C)(C)=O)CN(c2cc(-c3cnc4ccc(C(F)F)nn34)ccn2)C1. The smallest absolute Gasteiger partial charge is 0.282 e. The molecule has 1 saturated heterocycles. The van der Waals surface area contributed by atoms with Gasteiger partial charge >= 0.3 is 0 Å². The molecule has 160 valence electrons. The van der Waals surface area contributed by atoms with E-state index in [1.807, 2.05) is 12.1 Å². The van der Waals surface area contributed by atoms with Crippen LogP contribution in [0.1, 0.15) is 25.5 Å². The number of piperidine rings is 1. The van der Waals surface area contributed by atoms with Crippen LogP contribution < -0.4 is 4.90 Å². The van der Waals surface area contributed by atoms with E-state index in [2.05, 4.69) is 31.3 Å². The standard InChI is InChI=1S/C20H24F2N6OS/c1-13-8-15(26-30(2,3)29)12-27(11-13)19-9-14(6-7-23-19)17-10-24-18-5-4-16(20(21)22)25-28(17)18/h4-7,9-10,13,15,20H,8,11-12H2,1-3H3. The first-order valence-corrected chi connectivity index (χ1v) is 12.0. The van der Waals surface area contributed by atoms with Crippen LogP contribution in [0.25, 0.3) is 16.9 Å². The van der Waals surface area contributed by atoms with E-state index < -0.39 is 16.2 Å². The molecule has 10 heteroatoms. The number of alkyl halides is 2. The maximum atomic E-state index is 13.1. The van der Waals surface area contributed by atoms with Crippen LogP contribution in [0, 0.1) is 5.92 Å². The van der Waals surface area contributed by atoms with Gasteiger partial charge in [0, 0.05) is 47.1 Å². The van der Waals surface area contributed by atoms with E-state index in [1.54, 1.807) is 24.9 Å². The number of fused-ring (bicyclic) bond motifs is 1. The first-order chi connectivity index (χ1) is 14.2. The van der Waals surface area contributed by atoms with E-state index in [0.717, 1.165) is 24.3 Å². The Morgan fingerprint density at radius 3 is 2.73 bits per heavy atom. The van der Waals surface area contributed by atoms with E-state index in [1.165, 1.54) is 16.6 Å². The van der Waals surface area contributed by atoms with Crippen molar-refractivity contribution < 1.29 is 13.0 Å². The molecule has 0 aromatic carbocycles. The van der Waals surface area contributed by atoms with Crippen LogP contribution in [0.5, 0.6) is 0 Å². The molecule has 0 radical (unpaired) electrons. The number of aromatic nitrogens is 4. The van der Waals surface area contributed by atoms with Crippen molar-refractivity contribution in [1.29, 1.82) is 0 Å². The number of hydrogen-bond donors (Lipinski definition) is 0. The van der Waals surface area contributed by atoms with Crippen molar-refractivity contribution in [2.45, 2.75) is 25.8 Å². The second-order valence-electron chi connectivity index (χ2n) is 8.06. The minimum atomic E-state index is -2.65. The number of nitrogens with zero attached hydrogens (tertiary/aromatic N) is 6. The molecule has 0 saturated carbocycles. The summed E-state index contributed by atoms with van der Waals surface area (Å²) in [6.45, 7) is 3.60. The molecule has 3 aromatic rings. The molecule has 4 heterocycles. The first-order valence-electron chi connectivity index (χ1n) is 9.70. The third-order valence-electron chi connectivity index (χ3n) is 5.01. The Hall–Kier alpha value is -2.62. The molecule has 0 bridgehead atoms. The average molecular weight is 435 g/mol. The van der Waals surface area contributed by atoms with E-state index in [4.69, 9.17) is 0 Å². The van der Waals surface area contributed by atoms with Crippen molar-refractivity contribution in [2.24, 2.45) is 10.3 Å². The quantitative estimate of drug-likeness (QED) is 0.626. The fourth-order valence-electron chi connectivity index (χ4n) is 3.89. The summed E-state index contributed by atoms with van der Waals surface area (Å²) in [5, 5.41) is 4.04. The van der Waals surface area contributed by atoms with Crippen LogP contribution in [0.4, 0.5) is 14.6 Å². The number of hydrogen-bond acceptors (Lipinski definition) is 6. The Balaban J connectivity index is 1.69. The topological polar surface area (TPSA) is 75.8 Å². The maximum Gasteiger partial charge on any atom is 0.282 e. The molecule has 3 aromatic heterocycles. The lowest BCUT2D eigenvalue weighted by Crippen LogP contribution is -2.42. The highest BCUT2D eigenvalue weighted by atomic mass is 32.2. The van der Waals surface area contributed by atoms with Gasteiger partial charge in [-0.15, -0.1) is 0 Å². The van der Waals surface area contributed by atoms with E-state index in [0.29, 0.717) is 23.8 Å². The number of halogens is 2. The number of imidazole rings is 1. The van der Waals surface area contributed by atoms with Gasteiger partial charge in [0.05, 0.1) is 17.9 Å². The zero-order valence-electron chi connectivity index (χ0n) is 17.1. The monoisotopic (exact) mass is 434 g/mol. The second kappa shape index (κ2) is 7.90. The van der Waals surface area contributed by atoms with E-state index in [9.17, 15) is 13.0 Å². The van der Waals surface area contributed by atoms with Crippen molar-refractivity contribution in [2.75, 3.05) is 30.5 Å². The molecule has 0 aliphatic carbocycles. The number of anilines is 1. The van der Waals surface area contributed by atoms with Crippen molar-refractivity contribution in [3.8, 4) is 11.3 Å². The molecule has 1 fully saturated rings. The third kappa shape index (κ3) is 4.43. The molecule has 2 atom stereocenters. The van der Waals surface area contributed by atoms with E-state index in [-0.39, 0.29) is 11.7 Å². The Kier molecular flexibility index (Phi) is 5.44. The molecule has 2 unspecified atom stereocenters. The summed E-state index contributed by atoms with van der Waals surface area (Å²) in [7, 11) is -2.19. The lowest BCUT2D eigenvalue weighted by Gasteiger charge is -2.35. The van der Waals surface area contributed by atoms with Gasteiger partial charge in [0.25, 0.3) is 6.43 Å². The Bertz CT molecular complexity index is 1180. The highest BCUT2D eigenvalue weighted by molar-refractivity contribution is 7.92. The predicted octanol–water partition coefficient (Wildman–Crippen LogP) is 3.67. The lowest BCUT2D eigenvalue weighted by atomic mass is 9.96. The van der Waals surface area contributed by atoms with Gasteiger partial charge in [0.1, 0.15) is 11.5 Å². The highest BCUT2D eigenvalue weighted by Crippen LogP contribution is 2.28. The van der Waals surface area contributed by atoms with Gasteiger partial charge < -0.3 is 4.90 Å². The van der Waals surface area contributed by atoms with Crippen molar-refractivity contribution in [3.63, 3.8) is 0 Å². The van der Waals surface area contributed by atoms with Gasteiger partial charge in [-0.1, -0.05) is 6.92 Å². The molecular weight excluding hydrogens is 410 g/mol. The molecule has 7 nitrogen and oxygen atoms in total. The summed E-state index contributed by atoms with van der Waals surface area (Å²) in [4.78, 5) is 10.9. The van der Waals surface area contributed by atoms with Gasteiger partial charge in [-0.05, 0) is 36.6 Å². The van der Waals surface area contributed by atoms with Crippen molar-refractivity contribution in [1.82, 2.24) is 19.6 Å². The maximum absolute atomic E-state index is 13.1. The average Bonchev–Trinajstić information content (AvgIpc) is 3.09. The fraction of sp³-hybridized carbons (Fsp3) is 0.450. The minimum absolute atomic E-state index is 0.0206. The van der Waals surface area contributed by atoms with Gasteiger partial charge in [-0.2, -0.15) is 5.10 Å². The lowest BCUT2D eigenvalue weighted by molar-refractivity contribution is 0.144. The Morgan fingerprint density at radius 2 is 2.00 bits per heavy atom. The van der Waals surface area contributed by atoms with Crippen LogP contribution in [-0.4, -0.2) is 55.4 Å². The highest BCUT2D eigenvalue weighted by Gasteiger charge is 2.26. The minimum Gasteiger partial charge on any atom is -0.354 e.